The fourth-order valence-corrected chi connectivity index (χ4v) is 3.43. The van der Waals surface area contributed by atoms with E-state index in [4.69, 9.17) is 9.47 Å². The van der Waals surface area contributed by atoms with E-state index in [2.05, 4.69) is 15.8 Å². The first-order valence-corrected chi connectivity index (χ1v) is 9.83. The van der Waals surface area contributed by atoms with Crippen LogP contribution in [-0.4, -0.2) is 43.1 Å². The first-order valence-electron chi connectivity index (χ1n) is 9.83. The van der Waals surface area contributed by atoms with Crippen LogP contribution in [0.3, 0.4) is 0 Å². The maximum absolute atomic E-state index is 12.6. The summed E-state index contributed by atoms with van der Waals surface area (Å²) >= 11 is 0. The molecule has 2 amide bonds. The summed E-state index contributed by atoms with van der Waals surface area (Å²) in [6, 6.07) is 13.5. The summed E-state index contributed by atoms with van der Waals surface area (Å²) in [6.07, 6.45) is 0.113. The van der Waals surface area contributed by atoms with Crippen molar-refractivity contribution in [2.24, 2.45) is 0 Å². The number of amides is 2. The number of ether oxygens (including phenoxy) is 2. The van der Waals surface area contributed by atoms with E-state index in [1.54, 1.807) is 13.8 Å². The van der Waals surface area contributed by atoms with Crippen LogP contribution in [0.15, 0.2) is 42.5 Å². The molecule has 0 saturated heterocycles. The third-order valence-corrected chi connectivity index (χ3v) is 4.94. The van der Waals surface area contributed by atoms with Crippen LogP contribution in [0.2, 0.25) is 0 Å². The normalized spacial score (nSPS) is 10.7. The number of aromatic amines is 1. The number of H-pyrrole nitrogens is 1. The van der Waals surface area contributed by atoms with Gasteiger partial charge in [-0.05, 0) is 35.7 Å². The Morgan fingerprint density at radius 1 is 0.968 bits per heavy atom. The molecule has 162 valence electrons. The van der Waals surface area contributed by atoms with Gasteiger partial charge in [0.25, 0.3) is 5.91 Å². The first kappa shape index (κ1) is 22.0. The Morgan fingerprint density at radius 2 is 1.71 bits per heavy atom. The largest absolute Gasteiger partial charge is 0.460 e. The molecule has 8 heteroatoms. The molecule has 0 aliphatic carbocycles. The van der Waals surface area contributed by atoms with Crippen LogP contribution in [0.5, 0.6) is 0 Å². The van der Waals surface area contributed by atoms with Gasteiger partial charge in [-0.3, -0.25) is 20.4 Å². The minimum atomic E-state index is -0.553. The molecule has 1 aromatic heterocycles. The van der Waals surface area contributed by atoms with Crippen LogP contribution in [0.25, 0.3) is 10.8 Å². The van der Waals surface area contributed by atoms with E-state index >= 15 is 0 Å². The number of hydrogen-bond acceptors (Lipinski definition) is 5. The van der Waals surface area contributed by atoms with Crippen LogP contribution in [-0.2, 0) is 20.7 Å². The van der Waals surface area contributed by atoms with E-state index in [1.807, 2.05) is 42.5 Å². The lowest BCUT2D eigenvalue weighted by atomic mass is 10.0. The van der Waals surface area contributed by atoms with Gasteiger partial charge in [0, 0.05) is 12.8 Å². The third-order valence-electron chi connectivity index (χ3n) is 4.94. The monoisotopic (exact) mass is 423 g/mol. The molecule has 3 aromatic rings. The number of fused-ring (bicyclic) bond motifs is 1. The molecule has 1 heterocycles. The number of aryl methyl sites for hydroxylation is 1. The molecule has 0 radical (unpaired) electrons. The molecule has 0 aliphatic heterocycles. The number of methoxy groups -OCH3 is 1. The van der Waals surface area contributed by atoms with Gasteiger partial charge in [0.2, 0.25) is 5.91 Å². The van der Waals surface area contributed by atoms with Gasteiger partial charge in [0.1, 0.15) is 12.3 Å². The second-order valence-corrected chi connectivity index (χ2v) is 7.07. The molecule has 3 N–H and O–H groups in total. The molecule has 0 unspecified atom stereocenters. The summed E-state index contributed by atoms with van der Waals surface area (Å²) in [5, 5.41) is 2.03. The van der Waals surface area contributed by atoms with Crippen molar-refractivity contribution in [2.75, 3.05) is 20.3 Å². The van der Waals surface area contributed by atoms with Crippen LogP contribution in [0.4, 0.5) is 0 Å². The third kappa shape index (κ3) is 5.10. The Hall–Kier alpha value is -3.65. The zero-order chi connectivity index (χ0) is 22.4. The summed E-state index contributed by atoms with van der Waals surface area (Å²) in [4.78, 5) is 40.1. The van der Waals surface area contributed by atoms with E-state index in [9.17, 15) is 14.4 Å². The minimum absolute atomic E-state index is 0.113. The second kappa shape index (κ2) is 9.90. The van der Waals surface area contributed by atoms with Crippen molar-refractivity contribution in [1.82, 2.24) is 15.8 Å². The Bertz CT molecular complexity index is 1110. The van der Waals surface area contributed by atoms with Gasteiger partial charge < -0.3 is 14.5 Å². The lowest BCUT2D eigenvalue weighted by Crippen LogP contribution is -2.42. The molecule has 3 rings (SSSR count). The molecule has 31 heavy (non-hydrogen) atoms. The quantitative estimate of drug-likeness (QED) is 0.307. The molecule has 2 aromatic carbocycles. The molecule has 0 spiro atoms. The standard InChI is InChI=1S/C23H25N3O5/c1-14-20(23(29)31-12-11-30-3)15(2)24-21(14)22(28)26-25-19(27)13-17-9-6-8-16-7-4-5-10-18(16)17/h4-10,24H,11-13H2,1-3H3,(H,25,27)(H,26,28). The first-order chi connectivity index (χ1) is 14.9. The number of carbonyl (C=O) groups excluding carboxylic acids is 3. The zero-order valence-electron chi connectivity index (χ0n) is 17.7. The predicted octanol–water partition coefficient (Wildman–Crippen LogP) is 2.59. The molecule has 0 fully saturated rings. The lowest BCUT2D eigenvalue weighted by Gasteiger charge is -2.09. The Morgan fingerprint density at radius 3 is 2.48 bits per heavy atom. The topological polar surface area (TPSA) is 110 Å². The van der Waals surface area contributed by atoms with Gasteiger partial charge in [0.05, 0.1) is 18.6 Å². The predicted molar refractivity (Wildman–Crippen MR) is 116 cm³/mol. The maximum atomic E-state index is 12.6. The van der Waals surface area contributed by atoms with Crippen molar-refractivity contribution >= 4 is 28.6 Å². The molecule has 8 nitrogen and oxygen atoms in total. The van der Waals surface area contributed by atoms with Gasteiger partial charge in [-0.2, -0.15) is 0 Å². The highest BCUT2D eigenvalue weighted by molar-refractivity contribution is 6.01. The molecular weight excluding hydrogens is 398 g/mol. The number of esters is 1. The van der Waals surface area contributed by atoms with Crippen LogP contribution in [0, 0.1) is 13.8 Å². The molecule has 0 bridgehead atoms. The highest BCUT2D eigenvalue weighted by atomic mass is 16.6. The van der Waals surface area contributed by atoms with E-state index in [-0.39, 0.29) is 31.2 Å². The number of nitrogens with one attached hydrogen (secondary N) is 3. The lowest BCUT2D eigenvalue weighted by molar-refractivity contribution is -0.121. The van der Waals surface area contributed by atoms with Crippen molar-refractivity contribution in [1.29, 1.82) is 0 Å². The van der Waals surface area contributed by atoms with Gasteiger partial charge in [0.15, 0.2) is 0 Å². The number of carbonyl (C=O) groups is 3. The zero-order valence-corrected chi connectivity index (χ0v) is 17.7. The second-order valence-electron chi connectivity index (χ2n) is 7.07. The van der Waals surface area contributed by atoms with Gasteiger partial charge >= 0.3 is 5.97 Å². The average molecular weight is 423 g/mol. The summed E-state index contributed by atoms with van der Waals surface area (Å²) in [6.45, 7) is 3.72. The van der Waals surface area contributed by atoms with Crippen LogP contribution in [0.1, 0.15) is 37.7 Å². The Kier molecular flexibility index (Phi) is 7.04. The molecule has 0 atom stereocenters. The fraction of sp³-hybridized carbons (Fsp3) is 0.261. The number of hydrogen-bond donors (Lipinski definition) is 3. The van der Waals surface area contributed by atoms with Crippen LogP contribution < -0.4 is 10.9 Å². The van der Waals surface area contributed by atoms with E-state index < -0.39 is 11.9 Å². The molecular formula is C23H25N3O5. The highest BCUT2D eigenvalue weighted by Gasteiger charge is 2.23. The van der Waals surface area contributed by atoms with Crippen molar-refractivity contribution < 1.29 is 23.9 Å². The summed E-state index contributed by atoms with van der Waals surface area (Å²) in [5.74, 6) is -1.45. The van der Waals surface area contributed by atoms with Crippen molar-refractivity contribution in [3.63, 3.8) is 0 Å². The highest BCUT2D eigenvalue weighted by Crippen LogP contribution is 2.20. The molecule has 0 saturated carbocycles. The average Bonchev–Trinajstić information content (AvgIpc) is 3.06. The van der Waals surface area contributed by atoms with Crippen molar-refractivity contribution in [3.05, 3.63) is 70.5 Å². The number of aromatic nitrogens is 1. The SMILES string of the molecule is COCCOC(=O)c1c(C)[nH]c(C(=O)NNC(=O)Cc2cccc3ccccc23)c1C. The van der Waals surface area contributed by atoms with Gasteiger partial charge in [-0.15, -0.1) is 0 Å². The summed E-state index contributed by atoms with van der Waals surface area (Å²) in [7, 11) is 1.51. The molecule has 0 aliphatic rings. The van der Waals surface area contributed by atoms with Gasteiger partial charge in [-0.1, -0.05) is 42.5 Å². The minimum Gasteiger partial charge on any atom is -0.460 e. The number of benzene rings is 2. The number of hydrazine groups is 1. The summed E-state index contributed by atoms with van der Waals surface area (Å²) in [5.41, 5.74) is 7.12. The van der Waals surface area contributed by atoms with E-state index in [1.165, 1.54) is 7.11 Å². The van der Waals surface area contributed by atoms with Crippen LogP contribution >= 0.6 is 0 Å². The number of rotatable bonds is 7. The Labute approximate surface area is 179 Å². The summed E-state index contributed by atoms with van der Waals surface area (Å²) < 4.78 is 10.0. The fourth-order valence-electron chi connectivity index (χ4n) is 3.43. The van der Waals surface area contributed by atoms with Crippen molar-refractivity contribution in [2.45, 2.75) is 20.3 Å². The smallest absolute Gasteiger partial charge is 0.340 e. The Balaban J connectivity index is 1.63. The van der Waals surface area contributed by atoms with E-state index in [0.717, 1.165) is 16.3 Å². The van der Waals surface area contributed by atoms with Crippen molar-refractivity contribution in [3.8, 4) is 0 Å². The maximum Gasteiger partial charge on any atom is 0.340 e. The van der Waals surface area contributed by atoms with E-state index in [0.29, 0.717) is 16.8 Å². The van der Waals surface area contributed by atoms with Gasteiger partial charge in [-0.25, -0.2) is 4.79 Å².